The van der Waals surface area contributed by atoms with E-state index in [-0.39, 0.29) is 23.7 Å². The average Bonchev–Trinajstić information content (AvgIpc) is 3.17. The largest absolute Gasteiger partial charge is 0.397 e. The fourth-order valence-electron chi connectivity index (χ4n) is 9.22. The molecule has 1 aromatic carbocycles. The number of nitrogens with zero attached hydrogens (tertiary/aromatic N) is 1. The number of rotatable bonds is 5. The summed E-state index contributed by atoms with van der Waals surface area (Å²) in [7, 11) is 0. The third-order valence-corrected chi connectivity index (χ3v) is 11.9. The number of aliphatic hydroxyl groups is 1. The Morgan fingerprint density at radius 3 is 2.54 bits per heavy atom. The van der Waals surface area contributed by atoms with Crippen LogP contribution in [-0.2, 0) is 4.79 Å². The van der Waals surface area contributed by atoms with Crippen molar-refractivity contribution in [1.82, 2.24) is 0 Å². The van der Waals surface area contributed by atoms with Crippen molar-refractivity contribution in [2.75, 3.05) is 23.5 Å². The first-order valence-electron chi connectivity index (χ1n) is 13.7. The summed E-state index contributed by atoms with van der Waals surface area (Å²) < 4.78 is 0. The zero-order valence-corrected chi connectivity index (χ0v) is 22.9. The van der Waals surface area contributed by atoms with E-state index in [0.717, 1.165) is 54.5 Å². The van der Waals surface area contributed by atoms with Crippen molar-refractivity contribution in [2.45, 2.75) is 89.1 Å². The smallest absolute Gasteiger partial charge is 0.157 e. The molecule has 6 heteroatoms. The number of ketones is 1. The Hall–Kier alpha value is -1.24. The number of nitrogens with two attached hydrogens (primary N) is 2. The molecule has 0 spiro atoms. The van der Waals surface area contributed by atoms with Gasteiger partial charge in [0.2, 0.25) is 0 Å². The Morgan fingerprint density at radius 2 is 1.80 bits per heavy atom. The summed E-state index contributed by atoms with van der Waals surface area (Å²) in [6.45, 7) is 7.20. The summed E-state index contributed by atoms with van der Waals surface area (Å²) in [5.41, 5.74) is 7.50. The molecule has 4 saturated carbocycles. The Morgan fingerprint density at radius 1 is 1.06 bits per heavy atom. The molecule has 0 aliphatic heterocycles. The number of nitrogen functional groups attached to an aromatic ring is 1. The van der Waals surface area contributed by atoms with Gasteiger partial charge in [0, 0.05) is 10.8 Å². The van der Waals surface area contributed by atoms with E-state index < -0.39 is 5.60 Å². The van der Waals surface area contributed by atoms with Crippen LogP contribution in [0.5, 0.6) is 0 Å². The highest BCUT2D eigenvalue weighted by atomic mass is 32.2. The zero-order chi connectivity index (χ0) is 25.2. The normalized spacial score (nSPS) is 42.6. The van der Waals surface area contributed by atoms with Crippen molar-refractivity contribution in [1.29, 1.82) is 0 Å². The molecule has 8 atom stereocenters. The first-order valence-corrected chi connectivity index (χ1v) is 14.9. The highest BCUT2D eigenvalue weighted by Gasteiger charge is 2.61. The van der Waals surface area contributed by atoms with E-state index in [4.69, 9.17) is 11.6 Å². The number of thioether (sulfide) groups is 1. The van der Waals surface area contributed by atoms with Crippen LogP contribution in [0.4, 0.5) is 11.4 Å². The summed E-state index contributed by atoms with van der Waals surface area (Å²) in [5.74, 6) is 9.52. The van der Waals surface area contributed by atoms with E-state index in [2.05, 4.69) is 13.8 Å². The lowest BCUT2D eigenvalue weighted by molar-refractivity contribution is -0.150. The molecule has 0 aromatic heterocycles. The van der Waals surface area contributed by atoms with Gasteiger partial charge in [0.05, 0.1) is 23.5 Å². The van der Waals surface area contributed by atoms with Gasteiger partial charge in [-0.3, -0.25) is 4.79 Å². The minimum absolute atomic E-state index is 0.0785. The summed E-state index contributed by atoms with van der Waals surface area (Å²) >= 11 is 1.65. The van der Waals surface area contributed by atoms with Gasteiger partial charge in [0.1, 0.15) is 0 Å². The number of anilines is 2. The summed E-state index contributed by atoms with van der Waals surface area (Å²) in [4.78, 5) is 14.8. The van der Waals surface area contributed by atoms with Crippen LogP contribution in [0, 0.1) is 40.4 Å². The standard InChI is InChI=1S/C29H45N3O2S/c1-27(34)13-14-28(2)18(16-27)5-7-20-21-8-9-23(29(21,3)12-11-22(20)28)26(33)17-32(31)25-15-19(35-4)6-10-24(25)30/h6,10,15,18,20-23,34H,5,7-9,11-14,16-17,30-31H2,1-4H3/t18?,20?,21?,22?,23?,27-,28?,29?/m1/s1. The second-order valence-electron chi connectivity index (χ2n) is 13.1. The molecule has 4 fully saturated rings. The second-order valence-corrected chi connectivity index (χ2v) is 13.9. The maximum Gasteiger partial charge on any atom is 0.157 e. The van der Waals surface area contributed by atoms with Crippen LogP contribution in [0.15, 0.2) is 23.1 Å². The molecule has 7 unspecified atom stereocenters. The highest BCUT2D eigenvalue weighted by molar-refractivity contribution is 7.98. The molecular formula is C29H45N3O2S. The van der Waals surface area contributed by atoms with Crippen LogP contribution >= 0.6 is 11.8 Å². The van der Waals surface area contributed by atoms with Crippen molar-refractivity contribution in [3.05, 3.63) is 18.2 Å². The Kier molecular flexibility index (Phi) is 6.50. The van der Waals surface area contributed by atoms with Crippen molar-refractivity contribution >= 4 is 28.9 Å². The van der Waals surface area contributed by atoms with Crippen LogP contribution in [0.1, 0.15) is 78.6 Å². The highest BCUT2D eigenvalue weighted by Crippen LogP contribution is 2.68. The van der Waals surface area contributed by atoms with Crippen LogP contribution in [0.3, 0.4) is 0 Å². The maximum atomic E-state index is 13.7. The van der Waals surface area contributed by atoms with Gasteiger partial charge in [-0.05, 0) is 124 Å². The number of hydrogen-bond acceptors (Lipinski definition) is 6. The van der Waals surface area contributed by atoms with E-state index in [1.807, 2.05) is 31.4 Å². The summed E-state index contributed by atoms with van der Waals surface area (Å²) in [6, 6.07) is 5.85. The number of benzene rings is 1. The van der Waals surface area contributed by atoms with Crippen LogP contribution in [0.2, 0.25) is 0 Å². The molecule has 1 aromatic rings. The van der Waals surface area contributed by atoms with Crippen LogP contribution in [0.25, 0.3) is 0 Å². The van der Waals surface area contributed by atoms with Crippen molar-refractivity contribution in [2.24, 2.45) is 46.3 Å². The van der Waals surface area contributed by atoms with Gasteiger partial charge in [0.25, 0.3) is 0 Å². The fourth-order valence-corrected chi connectivity index (χ4v) is 9.66. The molecule has 4 aliphatic carbocycles. The van der Waals surface area contributed by atoms with Crippen LogP contribution < -0.4 is 16.6 Å². The quantitative estimate of drug-likeness (QED) is 0.210. The minimum Gasteiger partial charge on any atom is -0.397 e. The van der Waals surface area contributed by atoms with E-state index in [1.54, 1.807) is 16.8 Å². The number of Topliss-reactive ketones (excluding diaryl/α,β-unsaturated/α-hetero) is 1. The van der Waals surface area contributed by atoms with Crippen molar-refractivity contribution in [3.8, 4) is 0 Å². The number of hydrazine groups is 1. The lowest BCUT2D eigenvalue weighted by Gasteiger charge is -2.61. The lowest BCUT2D eigenvalue weighted by atomic mass is 9.44. The summed E-state index contributed by atoms with van der Waals surface area (Å²) in [6.07, 6.45) is 12.1. The third kappa shape index (κ3) is 4.21. The van der Waals surface area contributed by atoms with Gasteiger partial charge in [0.15, 0.2) is 5.78 Å². The average molecular weight is 500 g/mol. The van der Waals surface area contributed by atoms with Crippen LogP contribution in [-0.4, -0.2) is 29.3 Å². The molecule has 0 bridgehead atoms. The van der Waals surface area contributed by atoms with Gasteiger partial charge < -0.3 is 15.8 Å². The SMILES string of the molecule is CSc1ccc(N)c(N(N)CC(=O)C2CCC3C4CCC5C[C@](C)(O)CCC5(C)C4CCC23C)c1. The molecule has 194 valence electrons. The molecule has 35 heavy (non-hydrogen) atoms. The molecule has 0 amide bonds. The molecule has 4 aliphatic rings. The number of carbonyl (C=O) groups is 1. The fraction of sp³-hybridized carbons (Fsp3) is 0.759. The molecule has 5 rings (SSSR count). The molecule has 0 saturated heterocycles. The van der Waals surface area contributed by atoms with E-state index in [0.29, 0.717) is 22.9 Å². The van der Waals surface area contributed by atoms with Crippen molar-refractivity contribution < 1.29 is 9.90 Å². The van der Waals surface area contributed by atoms with Gasteiger partial charge in [-0.15, -0.1) is 11.8 Å². The third-order valence-electron chi connectivity index (χ3n) is 11.2. The molecule has 5 nitrogen and oxygen atoms in total. The lowest BCUT2D eigenvalue weighted by Crippen LogP contribution is -2.56. The predicted molar refractivity (Wildman–Crippen MR) is 145 cm³/mol. The Labute approximate surface area is 215 Å². The van der Waals surface area contributed by atoms with Gasteiger partial charge in [-0.2, -0.15) is 0 Å². The Bertz CT molecular complexity index is 983. The molecular weight excluding hydrogens is 454 g/mol. The summed E-state index contributed by atoms with van der Waals surface area (Å²) in [5, 5.41) is 12.3. The van der Waals surface area contributed by atoms with E-state index in [9.17, 15) is 9.90 Å². The maximum absolute atomic E-state index is 13.7. The second kappa shape index (κ2) is 8.95. The minimum atomic E-state index is -0.488. The Balaban J connectivity index is 1.31. The van der Waals surface area contributed by atoms with Gasteiger partial charge in [-0.1, -0.05) is 13.8 Å². The van der Waals surface area contributed by atoms with Gasteiger partial charge >= 0.3 is 0 Å². The molecule has 0 heterocycles. The molecule has 5 N–H and O–H groups in total. The number of carbonyl (C=O) groups excluding carboxylic acids is 1. The van der Waals surface area contributed by atoms with Crippen molar-refractivity contribution in [3.63, 3.8) is 0 Å². The topological polar surface area (TPSA) is 92.6 Å². The van der Waals surface area contributed by atoms with E-state index in [1.165, 1.54) is 25.7 Å². The number of fused-ring (bicyclic) bond motifs is 5. The first kappa shape index (κ1) is 25.4. The predicted octanol–water partition coefficient (Wildman–Crippen LogP) is 5.65. The molecule has 0 radical (unpaired) electrons. The monoisotopic (exact) mass is 499 g/mol. The zero-order valence-electron chi connectivity index (χ0n) is 22.1. The van der Waals surface area contributed by atoms with E-state index >= 15 is 0 Å². The first-order chi connectivity index (χ1) is 16.5. The van der Waals surface area contributed by atoms with Gasteiger partial charge in [-0.25, -0.2) is 5.84 Å². The number of hydrogen-bond donors (Lipinski definition) is 3.